The van der Waals surface area contributed by atoms with E-state index in [1.54, 1.807) is 22.3 Å². The van der Waals surface area contributed by atoms with Crippen molar-refractivity contribution in [3.63, 3.8) is 0 Å². The topological polar surface area (TPSA) is 0 Å². The van der Waals surface area contributed by atoms with Gasteiger partial charge in [0.15, 0.2) is 0 Å². The molecule has 4 rings (SSSR count). The Bertz CT molecular complexity index is 797. The maximum atomic E-state index is 2.58. The van der Waals surface area contributed by atoms with Crippen molar-refractivity contribution in [2.75, 3.05) is 0 Å². The molecule has 0 spiro atoms. The van der Waals surface area contributed by atoms with Crippen molar-refractivity contribution in [1.82, 2.24) is 0 Å². The molecule has 0 fully saturated rings. The monoisotopic (exact) mass is 510 g/mol. The first kappa shape index (κ1) is 24.1. The van der Waals surface area contributed by atoms with Crippen LogP contribution in [-0.4, -0.2) is 10.3 Å². The Kier molecular flexibility index (Phi) is 7.08. The molecule has 0 aliphatic heterocycles. The van der Waals surface area contributed by atoms with Gasteiger partial charge >= 0.3 is 0 Å². The zero-order valence-electron chi connectivity index (χ0n) is 19.8. The fourth-order valence-corrected chi connectivity index (χ4v) is 16.1. The number of benzene rings is 2. The maximum Gasteiger partial charge on any atom is 0.00255 e. The summed E-state index contributed by atoms with van der Waals surface area (Å²) in [6.45, 7) is 15.5. The second-order valence-electron chi connectivity index (χ2n) is 11.3. The van der Waals surface area contributed by atoms with Crippen molar-refractivity contribution < 1.29 is 19.5 Å². The molecule has 2 radical (unpaired) electrons. The molecule has 0 heterocycles. The van der Waals surface area contributed by atoms with Crippen molar-refractivity contribution in [2.24, 2.45) is 0 Å². The molecule has 0 amide bonds. The summed E-state index contributed by atoms with van der Waals surface area (Å²) in [4.78, 5) is 0. The van der Waals surface area contributed by atoms with Gasteiger partial charge in [0, 0.05) is 30.8 Å². The molecule has 0 saturated carbocycles. The van der Waals surface area contributed by atoms with Gasteiger partial charge in [-0.25, -0.2) is 0 Å². The fourth-order valence-electron chi connectivity index (χ4n) is 7.40. The summed E-state index contributed by atoms with van der Waals surface area (Å²) in [6, 6.07) is 18.9. The Morgan fingerprint density at radius 1 is 0.633 bits per heavy atom. The number of fused-ring (bicyclic) bond motifs is 2. The van der Waals surface area contributed by atoms with Crippen molar-refractivity contribution >= 4 is 7.26 Å². The van der Waals surface area contributed by atoms with Crippen LogP contribution < -0.4 is 0 Å². The summed E-state index contributed by atoms with van der Waals surface area (Å²) in [5, 5.41) is 0.630. The number of hydrogen-bond donors (Lipinski definition) is 0. The Labute approximate surface area is 198 Å². The van der Waals surface area contributed by atoms with E-state index < -0.39 is 7.26 Å². The van der Waals surface area contributed by atoms with Crippen molar-refractivity contribution in [2.45, 2.75) is 102 Å². The third-order valence-corrected chi connectivity index (χ3v) is 15.4. The average molecular weight is 511 g/mol. The molecule has 2 aliphatic rings. The molecule has 0 saturated heterocycles. The van der Waals surface area contributed by atoms with E-state index in [0.717, 1.165) is 11.3 Å². The minimum absolute atomic E-state index is 0. The van der Waals surface area contributed by atoms with E-state index in [2.05, 4.69) is 90.1 Å². The van der Waals surface area contributed by atoms with Crippen LogP contribution in [0.1, 0.15) is 101 Å². The van der Waals surface area contributed by atoms with Gasteiger partial charge in [-0.3, -0.25) is 0 Å². The summed E-state index contributed by atoms with van der Waals surface area (Å²) in [7, 11) is -1.48. The van der Waals surface area contributed by atoms with Crippen LogP contribution >= 0.6 is 7.26 Å². The first-order valence-corrected chi connectivity index (χ1v) is 13.6. The largest absolute Gasteiger partial charge is 0.100 e. The van der Waals surface area contributed by atoms with Crippen LogP contribution in [0.15, 0.2) is 48.5 Å². The second-order valence-corrected chi connectivity index (χ2v) is 16.8. The predicted molar refractivity (Wildman–Crippen MR) is 131 cm³/mol. The van der Waals surface area contributed by atoms with Gasteiger partial charge in [-0.2, -0.15) is 0 Å². The summed E-state index contributed by atoms with van der Waals surface area (Å²) < 4.78 is 0. The molecule has 30 heavy (non-hydrogen) atoms. The molecule has 2 aliphatic carbocycles. The van der Waals surface area contributed by atoms with E-state index in [1.165, 1.54) is 38.5 Å². The van der Waals surface area contributed by atoms with Crippen LogP contribution in [0, 0.1) is 0 Å². The van der Waals surface area contributed by atoms with Crippen LogP contribution in [0.5, 0.6) is 0 Å². The van der Waals surface area contributed by atoms with Crippen molar-refractivity contribution in [3.05, 3.63) is 70.8 Å². The summed E-state index contributed by atoms with van der Waals surface area (Å²) in [5.74, 6) is 0. The molecule has 0 bridgehead atoms. The van der Waals surface area contributed by atoms with E-state index in [9.17, 15) is 0 Å². The molecule has 0 N–H and O–H groups in total. The number of aryl methyl sites for hydroxylation is 2. The van der Waals surface area contributed by atoms with Crippen LogP contribution in [-0.2, 0) is 32.3 Å². The first-order valence-electron chi connectivity index (χ1n) is 11.7. The smallest absolute Gasteiger partial charge is 0.00255 e. The van der Waals surface area contributed by atoms with Gasteiger partial charge < -0.3 is 0 Å². The van der Waals surface area contributed by atoms with E-state index >= 15 is 0 Å². The van der Waals surface area contributed by atoms with Gasteiger partial charge in [-0.15, -0.1) is 7.26 Å². The Morgan fingerprint density at radius 3 is 1.37 bits per heavy atom. The summed E-state index contributed by atoms with van der Waals surface area (Å²) in [5.41, 5.74) is 8.10. The molecular weight excluding hydrogens is 470 g/mol. The normalized spacial score (nSPS) is 21.9. The minimum atomic E-state index is -1.48. The van der Waals surface area contributed by atoms with E-state index in [1.807, 2.05) is 0 Å². The third-order valence-electron chi connectivity index (χ3n) is 7.88. The zero-order valence-corrected chi connectivity index (χ0v) is 22.3. The van der Waals surface area contributed by atoms with Crippen molar-refractivity contribution in [1.29, 1.82) is 0 Å². The summed E-state index contributed by atoms with van der Waals surface area (Å²) in [6.07, 6.45) is 7.98. The molecule has 0 nitrogen and oxygen atoms in total. The van der Waals surface area contributed by atoms with Gasteiger partial charge in [-0.1, -0.05) is 90.1 Å². The Morgan fingerprint density at radius 2 is 1.00 bits per heavy atom. The molecule has 166 valence electrons. The van der Waals surface area contributed by atoms with Gasteiger partial charge in [-0.05, 0) is 71.1 Å². The van der Waals surface area contributed by atoms with Gasteiger partial charge in [0.2, 0.25) is 0 Å². The van der Waals surface area contributed by atoms with Crippen LogP contribution in [0.4, 0.5) is 0 Å². The quantitative estimate of drug-likeness (QED) is 0.280. The number of hydrogen-bond acceptors (Lipinski definition) is 0. The Balaban J connectivity index is 0.00000256. The van der Waals surface area contributed by atoms with Crippen molar-refractivity contribution in [3.8, 4) is 0 Å². The summed E-state index contributed by atoms with van der Waals surface area (Å²) >= 11 is 0. The first-order chi connectivity index (χ1) is 13.7. The van der Waals surface area contributed by atoms with E-state index in [-0.39, 0.29) is 19.5 Å². The molecule has 2 aromatic carbocycles. The van der Waals surface area contributed by atoms with E-state index in [4.69, 9.17) is 0 Å². The molecular formula is C28H40PRh. The van der Waals surface area contributed by atoms with Crippen LogP contribution in [0.2, 0.25) is 0 Å². The second kappa shape index (κ2) is 8.79. The van der Waals surface area contributed by atoms with Crippen LogP contribution in [0.25, 0.3) is 0 Å². The molecule has 1 unspecified atom stereocenters. The molecule has 2 aromatic rings. The standard InChI is InChI=1S/C28H40P.Rh/c1-27(2,3)29(28(4,5)6,25-19-11-15-21-13-7-9-17-23(21)25)26-20-12-16-22-14-8-10-18-24(22)26;/h7-10,13-14,17-18,25-26H,11-12,15-16,19-20H2,1-6H3;/t25-,26?;/m0./s1. The number of rotatable bonds is 2. The van der Waals surface area contributed by atoms with Crippen LogP contribution in [0.3, 0.4) is 0 Å². The van der Waals surface area contributed by atoms with Gasteiger partial charge in [0.1, 0.15) is 0 Å². The zero-order chi connectivity index (χ0) is 20.9. The third kappa shape index (κ3) is 3.78. The van der Waals surface area contributed by atoms with Gasteiger partial charge in [0.25, 0.3) is 0 Å². The molecule has 2 heteroatoms. The molecule has 2 atom stereocenters. The predicted octanol–water partition coefficient (Wildman–Crippen LogP) is 8.75. The minimum Gasteiger partial charge on any atom is -0.100 e. The maximum absolute atomic E-state index is 2.58. The SMILES string of the molecule is CC(C)(C)[P](C1CCCc2ccccc21)([C@H]1CCCc2ccccc21)C(C)(C)C.[Rh]. The van der Waals surface area contributed by atoms with Gasteiger partial charge in [0.05, 0.1) is 0 Å². The fraction of sp³-hybridized carbons (Fsp3) is 0.571. The Hall–Kier alpha value is -0.507. The molecule has 0 aromatic heterocycles. The average Bonchev–Trinajstić information content (AvgIpc) is 2.67. The van der Waals surface area contributed by atoms with E-state index in [0.29, 0.717) is 10.3 Å².